The summed E-state index contributed by atoms with van der Waals surface area (Å²) in [4.78, 5) is 11.3. The Morgan fingerprint density at radius 2 is 2.10 bits per heavy atom. The molecular weight excluding hydrogens is 371 g/mol. The van der Waals surface area contributed by atoms with Crippen LogP contribution in [-0.4, -0.2) is 50.5 Å². The van der Waals surface area contributed by atoms with E-state index in [-0.39, 0.29) is 16.9 Å². The number of aromatic hydroxyl groups is 1. The van der Waals surface area contributed by atoms with E-state index in [1.54, 1.807) is 25.5 Å². The van der Waals surface area contributed by atoms with E-state index in [1.807, 2.05) is 12.1 Å². The van der Waals surface area contributed by atoms with Crippen LogP contribution in [-0.2, 0) is 7.05 Å². The van der Waals surface area contributed by atoms with E-state index in [2.05, 4.69) is 38.3 Å². The van der Waals surface area contributed by atoms with Gasteiger partial charge in [0.1, 0.15) is 5.52 Å². The first kappa shape index (κ1) is 17.8. The van der Waals surface area contributed by atoms with Crippen molar-refractivity contribution in [1.29, 1.82) is 0 Å². The Hall–Kier alpha value is -3.26. The highest BCUT2D eigenvalue weighted by Gasteiger charge is 2.19. The van der Waals surface area contributed by atoms with Gasteiger partial charge in [0.15, 0.2) is 17.4 Å². The number of fused-ring (bicyclic) bond motifs is 2. The first-order chi connectivity index (χ1) is 14.0. The van der Waals surface area contributed by atoms with Crippen molar-refractivity contribution < 1.29 is 9.50 Å². The van der Waals surface area contributed by atoms with Gasteiger partial charge in [-0.05, 0) is 31.2 Å². The number of aryl methyl sites for hydroxylation is 1. The molecular formula is C21H21FN6O. The molecule has 1 aliphatic rings. The fourth-order valence-corrected chi connectivity index (χ4v) is 3.92. The van der Waals surface area contributed by atoms with Gasteiger partial charge in [0.05, 0.1) is 11.1 Å². The lowest BCUT2D eigenvalue weighted by molar-refractivity contribution is 0.437. The summed E-state index contributed by atoms with van der Waals surface area (Å²) in [5.74, 6) is -0.963. The minimum Gasteiger partial charge on any atom is -0.504 e. The van der Waals surface area contributed by atoms with E-state index < -0.39 is 11.6 Å². The Morgan fingerprint density at radius 3 is 2.93 bits per heavy atom. The number of hydrogen-bond donors (Lipinski definition) is 2. The molecule has 7 nitrogen and oxygen atoms in total. The predicted octanol–water partition coefficient (Wildman–Crippen LogP) is 2.83. The smallest absolute Gasteiger partial charge is 0.193 e. The first-order valence-electron chi connectivity index (χ1n) is 9.60. The van der Waals surface area contributed by atoms with Crippen LogP contribution in [0.5, 0.6) is 5.75 Å². The summed E-state index contributed by atoms with van der Waals surface area (Å²) in [5, 5.41) is 19.3. The first-order valence-corrected chi connectivity index (χ1v) is 9.60. The maximum Gasteiger partial charge on any atom is 0.193 e. The van der Waals surface area contributed by atoms with Crippen LogP contribution in [0.1, 0.15) is 6.92 Å². The zero-order chi connectivity index (χ0) is 20.1. The number of nitrogens with one attached hydrogen (secondary N) is 1. The molecule has 0 saturated carbocycles. The summed E-state index contributed by atoms with van der Waals surface area (Å²) < 4.78 is 16.1. The van der Waals surface area contributed by atoms with Gasteiger partial charge in [0.25, 0.3) is 0 Å². The number of benzene rings is 2. The van der Waals surface area contributed by atoms with E-state index in [1.165, 1.54) is 4.68 Å². The third kappa shape index (κ3) is 3.05. The topological polar surface area (TPSA) is 79.1 Å². The highest BCUT2D eigenvalue weighted by atomic mass is 19.1. The van der Waals surface area contributed by atoms with Gasteiger partial charge >= 0.3 is 0 Å². The van der Waals surface area contributed by atoms with Gasteiger partial charge in [-0.1, -0.05) is 0 Å². The molecule has 4 aromatic rings. The standard InChI is InChI=1S/C21H21FN6O/c1-12-10-28(6-5-23-12)15-3-4-17-13(7-15)9-24-21(25-17)16-8-14-11-27(2)26-19(14)18(22)20(16)29/h3-4,7-9,11-12,23,29H,5-6,10H2,1-2H3. The minimum absolute atomic E-state index is 0.129. The molecule has 2 aromatic carbocycles. The quantitative estimate of drug-likeness (QED) is 0.546. The normalized spacial score (nSPS) is 17.3. The van der Waals surface area contributed by atoms with E-state index in [0.29, 0.717) is 11.4 Å². The van der Waals surface area contributed by atoms with Crippen molar-refractivity contribution in [3.8, 4) is 17.1 Å². The predicted molar refractivity (Wildman–Crippen MR) is 111 cm³/mol. The fraction of sp³-hybridized carbons (Fsp3) is 0.286. The Labute approximate surface area is 166 Å². The molecule has 2 N–H and O–H groups in total. The number of halogens is 1. The van der Waals surface area contributed by atoms with Crippen molar-refractivity contribution in [3.05, 3.63) is 42.5 Å². The molecule has 1 saturated heterocycles. The van der Waals surface area contributed by atoms with Crippen molar-refractivity contribution in [3.63, 3.8) is 0 Å². The summed E-state index contributed by atoms with van der Waals surface area (Å²) in [7, 11) is 1.71. The zero-order valence-corrected chi connectivity index (χ0v) is 16.2. The van der Waals surface area contributed by atoms with Crippen LogP contribution in [0.3, 0.4) is 0 Å². The molecule has 1 atom stereocenters. The van der Waals surface area contributed by atoms with Crippen molar-refractivity contribution in [2.45, 2.75) is 13.0 Å². The minimum atomic E-state index is -0.759. The molecule has 3 heterocycles. The fourth-order valence-electron chi connectivity index (χ4n) is 3.92. The molecule has 8 heteroatoms. The van der Waals surface area contributed by atoms with Crippen LogP contribution in [0.2, 0.25) is 0 Å². The molecule has 1 aliphatic heterocycles. The Bertz CT molecular complexity index is 1240. The molecule has 5 rings (SSSR count). The van der Waals surface area contributed by atoms with Gasteiger partial charge in [0.2, 0.25) is 0 Å². The molecule has 0 aliphatic carbocycles. The lowest BCUT2D eigenvalue weighted by Gasteiger charge is -2.33. The van der Waals surface area contributed by atoms with Crippen molar-refractivity contribution in [2.75, 3.05) is 24.5 Å². The van der Waals surface area contributed by atoms with Gasteiger partial charge in [0, 0.05) is 61.6 Å². The Morgan fingerprint density at radius 1 is 1.24 bits per heavy atom. The molecule has 1 fully saturated rings. The summed E-state index contributed by atoms with van der Waals surface area (Å²) >= 11 is 0. The molecule has 0 spiro atoms. The Kier molecular flexibility index (Phi) is 4.09. The van der Waals surface area contributed by atoms with E-state index in [0.717, 1.165) is 36.2 Å². The number of phenols is 1. The maximum atomic E-state index is 14.6. The molecule has 0 radical (unpaired) electrons. The Balaban J connectivity index is 1.56. The van der Waals surface area contributed by atoms with Gasteiger partial charge in [-0.25, -0.2) is 14.4 Å². The molecule has 0 amide bonds. The second-order valence-electron chi connectivity index (χ2n) is 7.57. The monoisotopic (exact) mass is 392 g/mol. The number of hydrogen-bond acceptors (Lipinski definition) is 6. The molecule has 148 valence electrons. The lowest BCUT2D eigenvalue weighted by atomic mass is 10.1. The van der Waals surface area contributed by atoms with Crippen molar-refractivity contribution >= 4 is 27.5 Å². The number of piperazine rings is 1. The molecule has 0 bridgehead atoms. The lowest BCUT2D eigenvalue weighted by Crippen LogP contribution is -2.49. The maximum absolute atomic E-state index is 14.6. The second kappa shape index (κ2) is 6.66. The number of nitrogens with zero attached hydrogens (tertiary/aromatic N) is 5. The SMILES string of the molecule is CC1CN(c2ccc3nc(-c4cc5cn(C)nc5c(F)c4O)ncc3c2)CCN1. The number of aromatic nitrogens is 4. The summed E-state index contributed by atoms with van der Waals surface area (Å²) in [6.45, 7) is 5.03. The van der Waals surface area contributed by atoms with Crippen LogP contribution < -0.4 is 10.2 Å². The van der Waals surface area contributed by atoms with Gasteiger partial charge in [-0.2, -0.15) is 5.10 Å². The average molecular weight is 392 g/mol. The van der Waals surface area contributed by atoms with Crippen LogP contribution in [0.15, 0.2) is 36.7 Å². The third-order valence-corrected chi connectivity index (χ3v) is 5.37. The molecule has 1 unspecified atom stereocenters. The largest absolute Gasteiger partial charge is 0.504 e. The van der Waals surface area contributed by atoms with E-state index in [4.69, 9.17) is 0 Å². The molecule has 29 heavy (non-hydrogen) atoms. The van der Waals surface area contributed by atoms with Gasteiger partial charge in [-0.15, -0.1) is 0 Å². The van der Waals surface area contributed by atoms with E-state index >= 15 is 0 Å². The summed E-state index contributed by atoms with van der Waals surface area (Å²) in [6.07, 6.45) is 3.42. The van der Waals surface area contributed by atoms with Crippen LogP contribution in [0.4, 0.5) is 10.1 Å². The van der Waals surface area contributed by atoms with Crippen molar-refractivity contribution in [2.24, 2.45) is 7.05 Å². The highest BCUT2D eigenvalue weighted by molar-refractivity contribution is 5.89. The summed E-state index contributed by atoms with van der Waals surface area (Å²) in [5.41, 5.74) is 2.26. The number of rotatable bonds is 2. The highest BCUT2D eigenvalue weighted by Crippen LogP contribution is 2.35. The van der Waals surface area contributed by atoms with Gasteiger partial charge < -0.3 is 15.3 Å². The second-order valence-corrected chi connectivity index (χ2v) is 7.57. The van der Waals surface area contributed by atoms with Crippen LogP contribution >= 0.6 is 0 Å². The van der Waals surface area contributed by atoms with Crippen molar-refractivity contribution in [1.82, 2.24) is 25.1 Å². The van der Waals surface area contributed by atoms with Crippen LogP contribution in [0.25, 0.3) is 33.2 Å². The average Bonchev–Trinajstić information content (AvgIpc) is 3.10. The number of anilines is 1. The number of phenolic OH excluding ortho intramolecular Hbond substituents is 1. The summed E-state index contributed by atoms with van der Waals surface area (Å²) in [6, 6.07) is 8.17. The molecule has 2 aromatic heterocycles. The van der Waals surface area contributed by atoms with Gasteiger partial charge in [-0.3, -0.25) is 4.68 Å². The zero-order valence-electron chi connectivity index (χ0n) is 16.2. The third-order valence-electron chi connectivity index (χ3n) is 5.37. The van der Waals surface area contributed by atoms with Crippen LogP contribution in [0, 0.1) is 5.82 Å². The van der Waals surface area contributed by atoms with E-state index in [9.17, 15) is 9.50 Å².